The van der Waals surface area contributed by atoms with Gasteiger partial charge in [0.05, 0.1) is 13.2 Å². The normalized spacial score (nSPS) is 17.2. The Bertz CT molecular complexity index is 288. The van der Waals surface area contributed by atoms with Crippen molar-refractivity contribution in [3.63, 3.8) is 0 Å². The van der Waals surface area contributed by atoms with Crippen LogP contribution in [0.4, 0.5) is 0 Å². The summed E-state index contributed by atoms with van der Waals surface area (Å²) in [4.78, 5) is 0. The molecule has 14 heavy (non-hydrogen) atoms. The van der Waals surface area contributed by atoms with Crippen molar-refractivity contribution in [1.29, 1.82) is 0 Å². The van der Waals surface area contributed by atoms with Crippen molar-refractivity contribution in [2.75, 3.05) is 7.11 Å². The molecule has 0 spiro atoms. The molecule has 0 heterocycles. The van der Waals surface area contributed by atoms with Gasteiger partial charge in [-0.15, -0.1) is 0 Å². The summed E-state index contributed by atoms with van der Waals surface area (Å²) in [5.41, 5.74) is -0.542. The Morgan fingerprint density at radius 3 is 2.14 bits per heavy atom. The Labute approximate surface area is 84.0 Å². The van der Waals surface area contributed by atoms with Gasteiger partial charge >= 0.3 is 0 Å². The van der Waals surface area contributed by atoms with Gasteiger partial charge in [0.2, 0.25) is 0 Å². The van der Waals surface area contributed by atoms with E-state index in [4.69, 9.17) is 4.74 Å². The fraction of sp³-hybridized carbons (Fsp3) is 0.455. The highest BCUT2D eigenvalue weighted by Crippen LogP contribution is 2.26. The lowest BCUT2D eigenvalue weighted by atomic mass is 9.91. The number of methoxy groups -OCH3 is 1. The highest BCUT2D eigenvalue weighted by molar-refractivity contribution is 5.30. The number of ether oxygens (including phenoxy) is 1. The van der Waals surface area contributed by atoms with Gasteiger partial charge in [0.1, 0.15) is 11.4 Å². The zero-order valence-corrected chi connectivity index (χ0v) is 8.69. The lowest BCUT2D eigenvalue weighted by Gasteiger charge is -2.27. The van der Waals surface area contributed by atoms with E-state index in [1.807, 2.05) is 0 Å². The molecule has 0 bridgehead atoms. The van der Waals surface area contributed by atoms with Crippen molar-refractivity contribution in [3.8, 4) is 5.75 Å². The molecule has 2 N–H and O–H groups in total. The lowest BCUT2D eigenvalue weighted by Crippen LogP contribution is -2.33. The first-order valence-corrected chi connectivity index (χ1v) is 4.53. The zero-order valence-electron chi connectivity index (χ0n) is 8.69. The number of rotatable bonds is 3. The molecular weight excluding hydrogens is 180 g/mol. The molecule has 1 aromatic carbocycles. The first-order valence-electron chi connectivity index (χ1n) is 4.53. The summed E-state index contributed by atoms with van der Waals surface area (Å²) in [7, 11) is 1.59. The molecule has 0 aliphatic heterocycles. The van der Waals surface area contributed by atoms with E-state index >= 15 is 0 Å². The van der Waals surface area contributed by atoms with Gasteiger partial charge in [-0.3, -0.25) is 0 Å². The second kappa shape index (κ2) is 3.98. The Morgan fingerprint density at radius 1 is 1.29 bits per heavy atom. The summed E-state index contributed by atoms with van der Waals surface area (Å²) in [5, 5.41) is 19.3. The van der Waals surface area contributed by atoms with Crippen LogP contribution in [-0.2, 0) is 5.60 Å². The quantitative estimate of drug-likeness (QED) is 0.765. The number of aliphatic hydroxyl groups excluding tert-OH is 1. The molecule has 0 aliphatic rings. The van der Waals surface area contributed by atoms with Crippen molar-refractivity contribution in [1.82, 2.24) is 0 Å². The minimum absolute atomic E-state index is 0.674. The Hall–Kier alpha value is -1.06. The van der Waals surface area contributed by atoms with Crippen LogP contribution in [0.2, 0.25) is 0 Å². The monoisotopic (exact) mass is 196 g/mol. The summed E-state index contributed by atoms with van der Waals surface area (Å²) in [6.45, 7) is 3.14. The summed E-state index contributed by atoms with van der Waals surface area (Å²) in [6.07, 6.45) is -0.809. The van der Waals surface area contributed by atoms with Crippen LogP contribution in [0.5, 0.6) is 5.75 Å². The molecule has 0 saturated carbocycles. The molecule has 1 rings (SSSR count). The van der Waals surface area contributed by atoms with Gasteiger partial charge in [-0.2, -0.15) is 0 Å². The van der Waals surface area contributed by atoms with Gasteiger partial charge in [-0.25, -0.2) is 0 Å². The number of hydrogen-bond acceptors (Lipinski definition) is 3. The number of benzene rings is 1. The van der Waals surface area contributed by atoms with Crippen LogP contribution in [0.25, 0.3) is 0 Å². The first kappa shape index (κ1) is 11.0. The topological polar surface area (TPSA) is 49.7 Å². The molecule has 0 saturated heterocycles. The molecule has 0 radical (unpaired) electrons. The molecule has 3 heteroatoms. The second-order valence-electron chi connectivity index (χ2n) is 3.55. The Morgan fingerprint density at radius 2 is 1.79 bits per heavy atom. The third-order valence-electron chi connectivity index (χ3n) is 2.49. The fourth-order valence-electron chi connectivity index (χ4n) is 1.17. The third kappa shape index (κ3) is 2.05. The molecule has 0 aromatic heterocycles. The van der Waals surface area contributed by atoms with E-state index in [9.17, 15) is 10.2 Å². The molecule has 0 amide bonds. The van der Waals surface area contributed by atoms with Crippen molar-refractivity contribution >= 4 is 0 Å². The molecule has 0 fully saturated rings. The van der Waals surface area contributed by atoms with Crippen molar-refractivity contribution in [3.05, 3.63) is 29.8 Å². The highest BCUT2D eigenvalue weighted by Gasteiger charge is 2.28. The van der Waals surface area contributed by atoms with Crippen LogP contribution in [0, 0.1) is 0 Å². The summed E-state index contributed by atoms with van der Waals surface area (Å²) >= 11 is 0. The average Bonchev–Trinajstić information content (AvgIpc) is 2.17. The predicted molar refractivity (Wildman–Crippen MR) is 54.2 cm³/mol. The van der Waals surface area contributed by atoms with Crippen molar-refractivity contribution in [2.24, 2.45) is 0 Å². The van der Waals surface area contributed by atoms with Crippen molar-refractivity contribution < 1.29 is 14.9 Å². The molecule has 1 aromatic rings. The maximum Gasteiger partial charge on any atom is 0.118 e. The van der Waals surface area contributed by atoms with E-state index in [-0.39, 0.29) is 0 Å². The van der Waals surface area contributed by atoms with E-state index in [1.54, 1.807) is 45.2 Å². The molecule has 0 aliphatic carbocycles. The molecule has 78 valence electrons. The molecule has 2 atom stereocenters. The van der Waals surface area contributed by atoms with Crippen LogP contribution >= 0.6 is 0 Å². The predicted octanol–water partition coefficient (Wildman–Crippen LogP) is 1.28. The van der Waals surface area contributed by atoms with E-state index in [2.05, 4.69) is 0 Å². The van der Waals surface area contributed by atoms with Crippen LogP contribution in [-0.4, -0.2) is 23.4 Å². The van der Waals surface area contributed by atoms with Crippen LogP contribution in [0.1, 0.15) is 19.4 Å². The van der Waals surface area contributed by atoms with E-state index < -0.39 is 11.7 Å². The van der Waals surface area contributed by atoms with Gasteiger partial charge in [0.15, 0.2) is 0 Å². The maximum atomic E-state index is 9.94. The largest absolute Gasteiger partial charge is 0.497 e. The molecular formula is C11H16O3. The Balaban J connectivity index is 2.97. The fourth-order valence-corrected chi connectivity index (χ4v) is 1.17. The summed E-state index contributed by atoms with van der Waals surface area (Å²) < 4.78 is 5.00. The number of hydrogen-bond donors (Lipinski definition) is 2. The van der Waals surface area contributed by atoms with Gasteiger partial charge in [0, 0.05) is 0 Å². The molecule has 0 unspecified atom stereocenters. The zero-order chi connectivity index (χ0) is 10.8. The van der Waals surface area contributed by atoms with Gasteiger partial charge in [0.25, 0.3) is 0 Å². The standard InChI is InChI=1S/C11H16O3/c1-8(12)11(2,13)9-4-6-10(14-3)7-5-9/h4-8,12-13H,1-3H3/t8-,11-/m1/s1. The SMILES string of the molecule is COc1ccc([C@](C)(O)[C@@H](C)O)cc1. The first-order chi connectivity index (χ1) is 6.48. The van der Waals surface area contributed by atoms with E-state index in [0.717, 1.165) is 5.75 Å². The van der Waals surface area contributed by atoms with E-state index in [0.29, 0.717) is 5.56 Å². The van der Waals surface area contributed by atoms with Gasteiger partial charge < -0.3 is 14.9 Å². The summed E-state index contributed by atoms with van der Waals surface area (Å²) in [5.74, 6) is 0.732. The van der Waals surface area contributed by atoms with Gasteiger partial charge in [-0.1, -0.05) is 12.1 Å². The Kier molecular flexibility index (Phi) is 3.13. The average molecular weight is 196 g/mol. The van der Waals surface area contributed by atoms with Crippen LogP contribution in [0.15, 0.2) is 24.3 Å². The lowest BCUT2D eigenvalue weighted by molar-refractivity contribution is -0.0570. The number of aliphatic hydroxyl groups is 2. The van der Waals surface area contributed by atoms with E-state index in [1.165, 1.54) is 0 Å². The van der Waals surface area contributed by atoms with Crippen molar-refractivity contribution in [2.45, 2.75) is 25.6 Å². The smallest absolute Gasteiger partial charge is 0.118 e. The minimum atomic E-state index is -1.22. The second-order valence-corrected chi connectivity index (χ2v) is 3.55. The van der Waals surface area contributed by atoms with Crippen LogP contribution < -0.4 is 4.74 Å². The third-order valence-corrected chi connectivity index (χ3v) is 2.49. The minimum Gasteiger partial charge on any atom is -0.497 e. The maximum absolute atomic E-state index is 9.94. The molecule has 3 nitrogen and oxygen atoms in total. The highest BCUT2D eigenvalue weighted by atomic mass is 16.5. The van der Waals surface area contributed by atoms with Crippen LogP contribution in [0.3, 0.4) is 0 Å². The summed E-state index contributed by atoms with van der Waals surface area (Å²) in [6, 6.07) is 7.00. The van der Waals surface area contributed by atoms with Gasteiger partial charge in [-0.05, 0) is 31.5 Å².